The van der Waals surface area contributed by atoms with Crippen molar-refractivity contribution in [3.63, 3.8) is 0 Å². The Balaban J connectivity index is 2.45. The molecule has 1 atom stereocenters. The number of aromatic amines is 1. The van der Waals surface area contributed by atoms with Gasteiger partial charge in [0, 0.05) is 11.6 Å². The minimum atomic E-state index is -0.619. The number of hydrogen-bond donors (Lipinski definition) is 2. The van der Waals surface area contributed by atoms with Crippen molar-refractivity contribution in [2.45, 2.75) is 46.1 Å². The molecule has 0 saturated carbocycles. The van der Waals surface area contributed by atoms with E-state index in [1.165, 1.54) is 6.07 Å². The molecule has 0 amide bonds. The SMILES string of the molecule is CCOC(=O)C[C@H](c1ccc(OC(C)C)cc1)c1c(O)cc(C)[nH]c1=O. The highest BCUT2D eigenvalue weighted by molar-refractivity contribution is 5.71. The van der Waals surface area contributed by atoms with Gasteiger partial charge in [0.15, 0.2) is 0 Å². The van der Waals surface area contributed by atoms with E-state index in [0.29, 0.717) is 11.4 Å². The minimum absolute atomic E-state index is 0.0418. The van der Waals surface area contributed by atoms with E-state index in [1.54, 1.807) is 38.1 Å². The Kier molecular flexibility index (Phi) is 6.44. The summed E-state index contributed by atoms with van der Waals surface area (Å²) in [7, 11) is 0. The van der Waals surface area contributed by atoms with Crippen molar-refractivity contribution in [3.8, 4) is 11.5 Å². The standard InChI is InChI=1S/C20H25NO5/c1-5-25-18(23)11-16(19-17(22)10-13(4)21-20(19)24)14-6-8-15(9-7-14)26-12(2)3/h6-10,12,16H,5,11H2,1-4H3,(H2,21,22,24)/t16-/m1/s1. The number of aromatic hydroxyl groups is 1. The van der Waals surface area contributed by atoms with Crippen LogP contribution >= 0.6 is 0 Å². The molecule has 0 aliphatic heterocycles. The summed E-state index contributed by atoms with van der Waals surface area (Å²) < 4.78 is 10.7. The lowest BCUT2D eigenvalue weighted by molar-refractivity contribution is -0.143. The smallest absolute Gasteiger partial charge is 0.306 e. The molecule has 0 bridgehead atoms. The summed E-state index contributed by atoms with van der Waals surface area (Å²) in [5.41, 5.74) is 1.01. The first-order chi connectivity index (χ1) is 12.3. The molecule has 2 aromatic rings. The average Bonchev–Trinajstić information content (AvgIpc) is 2.53. The lowest BCUT2D eigenvalue weighted by atomic mass is 9.88. The van der Waals surface area contributed by atoms with Crippen molar-refractivity contribution in [2.75, 3.05) is 6.61 Å². The van der Waals surface area contributed by atoms with E-state index in [0.717, 1.165) is 5.56 Å². The summed E-state index contributed by atoms with van der Waals surface area (Å²) in [5, 5.41) is 10.3. The molecule has 140 valence electrons. The molecule has 2 N–H and O–H groups in total. The molecule has 0 radical (unpaired) electrons. The zero-order valence-corrected chi connectivity index (χ0v) is 15.5. The van der Waals surface area contributed by atoms with E-state index < -0.39 is 17.4 Å². The fourth-order valence-corrected chi connectivity index (χ4v) is 2.84. The van der Waals surface area contributed by atoms with Gasteiger partial charge in [-0.2, -0.15) is 0 Å². The van der Waals surface area contributed by atoms with Gasteiger partial charge in [0.05, 0.1) is 24.7 Å². The molecular weight excluding hydrogens is 334 g/mol. The quantitative estimate of drug-likeness (QED) is 0.741. The topological polar surface area (TPSA) is 88.6 Å². The third kappa shape index (κ3) is 4.88. The first-order valence-electron chi connectivity index (χ1n) is 8.66. The molecule has 1 aromatic carbocycles. The second-order valence-electron chi connectivity index (χ2n) is 6.38. The average molecular weight is 359 g/mol. The molecule has 0 aliphatic rings. The maximum Gasteiger partial charge on any atom is 0.306 e. The molecular formula is C20H25NO5. The summed E-state index contributed by atoms with van der Waals surface area (Å²) in [4.78, 5) is 27.2. The van der Waals surface area contributed by atoms with Crippen molar-refractivity contribution < 1.29 is 19.4 Å². The van der Waals surface area contributed by atoms with Crippen LogP contribution in [0.25, 0.3) is 0 Å². The van der Waals surface area contributed by atoms with Crippen LogP contribution in [0.4, 0.5) is 0 Å². The number of carbonyl (C=O) groups is 1. The van der Waals surface area contributed by atoms with Crippen molar-refractivity contribution in [2.24, 2.45) is 0 Å². The number of esters is 1. The Morgan fingerprint density at radius 1 is 1.23 bits per heavy atom. The van der Waals surface area contributed by atoms with Gasteiger partial charge >= 0.3 is 5.97 Å². The maximum atomic E-state index is 12.4. The Labute approximate surface area is 152 Å². The first-order valence-corrected chi connectivity index (χ1v) is 8.66. The normalized spacial score (nSPS) is 12.0. The van der Waals surface area contributed by atoms with Gasteiger partial charge in [0.2, 0.25) is 0 Å². The van der Waals surface area contributed by atoms with Gasteiger partial charge in [-0.25, -0.2) is 0 Å². The predicted octanol–water partition coefficient (Wildman–Crippen LogP) is 3.26. The number of benzene rings is 1. The number of H-pyrrole nitrogens is 1. The highest BCUT2D eigenvalue weighted by Gasteiger charge is 2.25. The molecule has 1 aromatic heterocycles. The van der Waals surface area contributed by atoms with E-state index in [-0.39, 0.29) is 30.4 Å². The van der Waals surface area contributed by atoms with Crippen LogP contribution in [0.1, 0.15) is 49.9 Å². The molecule has 6 nitrogen and oxygen atoms in total. The number of rotatable bonds is 7. The third-order valence-electron chi connectivity index (χ3n) is 3.86. The number of aryl methyl sites for hydroxylation is 1. The molecule has 0 aliphatic carbocycles. The Morgan fingerprint density at radius 3 is 2.42 bits per heavy atom. The molecule has 0 unspecified atom stereocenters. The summed E-state index contributed by atoms with van der Waals surface area (Å²) in [6, 6.07) is 8.63. The second-order valence-corrected chi connectivity index (χ2v) is 6.38. The molecule has 26 heavy (non-hydrogen) atoms. The van der Waals surface area contributed by atoms with E-state index in [1.807, 2.05) is 13.8 Å². The zero-order chi connectivity index (χ0) is 19.3. The van der Waals surface area contributed by atoms with E-state index >= 15 is 0 Å². The van der Waals surface area contributed by atoms with Crippen LogP contribution in [0.3, 0.4) is 0 Å². The third-order valence-corrected chi connectivity index (χ3v) is 3.86. The number of ether oxygens (including phenoxy) is 2. The lowest BCUT2D eigenvalue weighted by Crippen LogP contribution is -2.21. The number of hydrogen-bond acceptors (Lipinski definition) is 5. The molecule has 2 rings (SSSR count). The molecule has 6 heteroatoms. The summed E-state index contributed by atoms with van der Waals surface area (Å²) in [6.07, 6.45) is -0.00190. The summed E-state index contributed by atoms with van der Waals surface area (Å²) in [6.45, 7) is 7.52. The van der Waals surface area contributed by atoms with Gasteiger partial charge in [-0.1, -0.05) is 12.1 Å². The highest BCUT2D eigenvalue weighted by atomic mass is 16.5. The van der Waals surface area contributed by atoms with Gasteiger partial charge < -0.3 is 19.6 Å². The van der Waals surface area contributed by atoms with E-state index in [4.69, 9.17) is 9.47 Å². The van der Waals surface area contributed by atoms with Crippen LogP contribution in [0.5, 0.6) is 11.5 Å². The monoisotopic (exact) mass is 359 g/mol. The van der Waals surface area contributed by atoms with E-state index in [2.05, 4.69) is 4.98 Å². The fraction of sp³-hybridized carbons (Fsp3) is 0.400. The minimum Gasteiger partial charge on any atom is -0.507 e. The van der Waals surface area contributed by atoms with Crippen molar-refractivity contribution >= 4 is 5.97 Å². The summed E-state index contributed by atoms with van der Waals surface area (Å²) in [5.74, 6) is -0.491. The van der Waals surface area contributed by atoms with Crippen molar-refractivity contribution in [3.05, 3.63) is 57.5 Å². The number of pyridine rings is 1. The Morgan fingerprint density at radius 2 is 1.88 bits per heavy atom. The molecule has 0 fully saturated rings. The second kappa shape index (κ2) is 8.56. The van der Waals surface area contributed by atoms with Crippen LogP contribution in [0.2, 0.25) is 0 Å². The Hall–Kier alpha value is -2.76. The van der Waals surface area contributed by atoms with Gasteiger partial charge in [-0.15, -0.1) is 0 Å². The fourth-order valence-electron chi connectivity index (χ4n) is 2.84. The van der Waals surface area contributed by atoms with Crippen LogP contribution in [0, 0.1) is 6.92 Å². The van der Waals surface area contributed by atoms with Crippen molar-refractivity contribution in [1.82, 2.24) is 4.98 Å². The largest absolute Gasteiger partial charge is 0.507 e. The van der Waals surface area contributed by atoms with Crippen LogP contribution in [-0.2, 0) is 9.53 Å². The highest BCUT2D eigenvalue weighted by Crippen LogP contribution is 2.33. The number of nitrogens with one attached hydrogen (secondary N) is 1. The summed E-state index contributed by atoms with van der Waals surface area (Å²) >= 11 is 0. The van der Waals surface area contributed by atoms with Gasteiger partial charge in [0.1, 0.15) is 11.5 Å². The number of aromatic nitrogens is 1. The molecule has 1 heterocycles. The Bertz CT molecular complexity index is 808. The first kappa shape index (κ1) is 19.6. The van der Waals surface area contributed by atoms with Crippen LogP contribution in [0.15, 0.2) is 35.1 Å². The van der Waals surface area contributed by atoms with Gasteiger partial charge in [0.25, 0.3) is 5.56 Å². The van der Waals surface area contributed by atoms with Crippen LogP contribution in [-0.4, -0.2) is 28.8 Å². The van der Waals surface area contributed by atoms with Crippen molar-refractivity contribution in [1.29, 1.82) is 0 Å². The van der Waals surface area contributed by atoms with Crippen LogP contribution < -0.4 is 10.3 Å². The number of carbonyl (C=O) groups excluding carboxylic acids is 1. The lowest BCUT2D eigenvalue weighted by Gasteiger charge is -2.18. The maximum absolute atomic E-state index is 12.4. The molecule has 0 spiro atoms. The zero-order valence-electron chi connectivity index (χ0n) is 15.5. The molecule has 0 saturated heterocycles. The van der Waals surface area contributed by atoms with Gasteiger partial charge in [-0.05, 0) is 51.5 Å². The van der Waals surface area contributed by atoms with Gasteiger partial charge in [-0.3, -0.25) is 9.59 Å². The predicted molar refractivity (Wildman–Crippen MR) is 98.8 cm³/mol. The van der Waals surface area contributed by atoms with E-state index in [9.17, 15) is 14.7 Å².